The smallest absolute Gasteiger partial charge is 0.306 e. The number of sulfone groups is 1. The zero-order valence-electron chi connectivity index (χ0n) is 36.8. The molecule has 320 valence electrons. The maximum Gasteiger partial charge on any atom is 0.306 e. The van der Waals surface area contributed by atoms with Gasteiger partial charge in [0.25, 0.3) is 0 Å². The molecule has 0 aromatic carbocycles. The van der Waals surface area contributed by atoms with Crippen molar-refractivity contribution in [1.82, 2.24) is 10.2 Å². The van der Waals surface area contributed by atoms with E-state index in [1.54, 1.807) is 6.92 Å². The highest BCUT2D eigenvalue weighted by Gasteiger charge is 2.71. The standard InChI is InChI=1S/C46H78N2O7S/c1-12-54-38(50)27-41(5,6)28-39(51)55-37-17-18-43(9)35(42(37,7)8)16-19-45(11)36(43)14-13-33-40-32(30(2)3)15-20-46(40,22-21-44(33,45)10)47-29-34(31(4)49)48-23-25-56(52,53)26-24-48/h31-37,40,47,49H,2,12-29H2,1,3-11H3/t31-,32+,33-,34?,35+,36-,37+,40-,43+,44-,45-,46+/m1/s1. The average molecular weight is 803 g/mol. The number of nitrogens with one attached hydrogen (secondary N) is 1. The van der Waals surface area contributed by atoms with Gasteiger partial charge in [-0.05, 0) is 136 Å². The van der Waals surface area contributed by atoms with Crippen molar-refractivity contribution in [3.05, 3.63) is 12.2 Å². The number of esters is 2. The fourth-order valence-electron chi connectivity index (χ4n) is 14.9. The van der Waals surface area contributed by atoms with Crippen molar-refractivity contribution in [2.45, 2.75) is 170 Å². The summed E-state index contributed by atoms with van der Waals surface area (Å²) in [5.41, 5.74) is 1.13. The van der Waals surface area contributed by atoms with Crippen LogP contribution in [0.4, 0.5) is 0 Å². The number of hydrogen-bond acceptors (Lipinski definition) is 9. The number of ether oxygens (including phenoxy) is 2. The van der Waals surface area contributed by atoms with E-state index < -0.39 is 21.4 Å². The third-order valence-electron chi connectivity index (χ3n) is 17.9. The van der Waals surface area contributed by atoms with E-state index in [4.69, 9.17) is 9.47 Å². The molecular weight excluding hydrogens is 725 g/mol. The van der Waals surface area contributed by atoms with Crippen molar-refractivity contribution in [2.24, 2.45) is 56.7 Å². The highest BCUT2D eigenvalue weighted by Crippen LogP contribution is 2.76. The van der Waals surface area contributed by atoms with E-state index in [9.17, 15) is 23.1 Å². The molecule has 0 aromatic rings. The zero-order valence-corrected chi connectivity index (χ0v) is 37.6. The number of aliphatic hydroxyl groups is 1. The van der Waals surface area contributed by atoms with Crippen molar-refractivity contribution >= 4 is 21.8 Å². The maximum absolute atomic E-state index is 13.5. The van der Waals surface area contributed by atoms with E-state index in [0.29, 0.717) is 55.8 Å². The summed E-state index contributed by atoms with van der Waals surface area (Å²) in [6, 6.07) is -0.116. The summed E-state index contributed by atoms with van der Waals surface area (Å²) in [7, 11) is -3.00. The lowest BCUT2D eigenvalue weighted by atomic mass is 9.32. The molecule has 6 fully saturated rings. The molecule has 1 heterocycles. The Balaban J connectivity index is 1.20. The molecule has 0 aromatic heterocycles. The Hall–Kier alpha value is -1.49. The molecule has 6 aliphatic rings. The number of fused-ring (bicyclic) bond motifs is 7. The number of carbonyl (C=O) groups is 2. The Bertz CT molecular complexity index is 1600. The normalized spacial score (nSPS) is 41.6. The summed E-state index contributed by atoms with van der Waals surface area (Å²) in [5, 5.41) is 15.2. The van der Waals surface area contributed by atoms with E-state index in [0.717, 1.165) is 38.5 Å². The first-order valence-electron chi connectivity index (χ1n) is 22.3. The highest BCUT2D eigenvalue weighted by molar-refractivity contribution is 7.91. The van der Waals surface area contributed by atoms with Gasteiger partial charge < -0.3 is 19.9 Å². The second-order valence-corrected chi connectivity index (χ2v) is 24.2. The van der Waals surface area contributed by atoms with Gasteiger partial charge in [-0.1, -0.05) is 60.6 Å². The molecule has 0 spiro atoms. The van der Waals surface area contributed by atoms with E-state index in [2.05, 4.69) is 58.3 Å². The summed E-state index contributed by atoms with van der Waals surface area (Å²) in [6.45, 7) is 29.0. The van der Waals surface area contributed by atoms with E-state index in [1.807, 2.05) is 20.8 Å². The molecule has 0 radical (unpaired) electrons. The minimum absolute atomic E-state index is 0.0120. The van der Waals surface area contributed by atoms with Crippen LogP contribution >= 0.6 is 0 Å². The van der Waals surface area contributed by atoms with Crippen LogP contribution in [0.3, 0.4) is 0 Å². The van der Waals surface area contributed by atoms with Crippen molar-refractivity contribution in [2.75, 3.05) is 37.7 Å². The Morgan fingerprint density at radius 3 is 2.18 bits per heavy atom. The van der Waals surface area contributed by atoms with Crippen molar-refractivity contribution in [3.63, 3.8) is 0 Å². The number of allylic oxidation sites excluding steroid dienone is 1. The third-order valence-corrected chi connectivity index (χ3v) is 19.5. The molecule has 12 atom stereocenters. The Kier molecular flexibility index (Phi) is 12.2. The molecule has 2 N–H and O–H groups in total. The Labute approximate surface area is 340 Å². The predicted octanol–water partition coefficient (Wildman–Crippen LogP) is 7.75. The monoisotopic (exact) mass is 803 g/mol. The molecular formula is C46H78N2O7S. The molecule has 1 saturated heterocycles. The van der Waals surface area contributed by atoms with E-state index >= 15 is 0 Å². The van der Waals surface area contributed by atoms with Gasteiger partial charge in [-0.3, -0.25) is 14.5 Å². The van der Waals surface area contributed by atoms with Crippen LogP contribution in [-0.2, 0) is 28.9 Å². The van der Waals surface area contributed by atoms with Gasteiger partial charge >= 0.3 is 11.9 Å². The van der Waals surface area contributed by atoms with Gasteiger partial charge in [-0.25, -0.2) is 8.42 Å². The second kappa shape index (κ2) is 15.5. The lowest BCUT2D eigenvalue weighted by molar-refractivity contribution is -0.246. The van der Waals surface area contributed by atoms with Crippen LogP contribution in [0, 0.1) is 56.7 Å². The van der Waals surface area contributed by atoms with Crippen LogP contribution in [0.2, 0.25) is 0 Å². The van der Waals surface area contributed by atoms with Gasteiger partial charge in [0.1, 0.15) is 6.10 Å². The molecule has 9 nitrogen and oxygen atoms in total. The van der Waals surface area contributed by atoms with Gasteiger partial charge in [0.05, 0.1) is 37.1 Å². The molecule has 10 heteroatoms. The first kappa shape index (κ1) is 44.1. The quantitative estimate of drug-likeness (QED) is 0.151. The number of hydrogen-bond donors (Lipinski definition) is 2. The first-order valence-corrected chi connectivity index (χ1v) is 24.2. The summed E-state index contributed by atoms with van der Waals surface area (Å²) in [4.78, 5) is 27.9. The number of carbonyl (C=O) groups excluding carboxylic acids is 2. The van der Waals surface area contributed by atoms with Crippen molar-refractivity contribution in [1.29, 1.82) is 0 Å². The minimum Gasteiger partial charge on any atom is -0.466 e. The molecule has 1 unspecified atom stereocenters. The summed E-state index contributed by atoms with van der Waals surface area (Å²) in [5.74, 6) is 2.43. The van der Waals surface area contributed by atoms with Gasteiger partial charge in [-0.2, -0.15) is 0 Å². The van der Waals surface area contributed by atoms with Crippen LogP contribution in [0.25, 0.3) is 0 Å². The summed E-state index contributed by atoms with van der Waals surface area (Å²) < 4.78 is 36.1. The molecule has 6 rings (SSSR count). The van der Waals surface area contributed by atoms with E-state index in [-0.39, 0.29) is 75.6 Å². The number of rotatable bonds is 12. The van der Waals surface area contributed by atoms with Crippen LogP contribution in [0.5, 0.6) is 0 Å². The van der Waals surface area contributed by atoms with Crippen LogP contribution in [0.15, 0.2) is 12.2 Å². The number of nitrogens with zero attached hydrogens (tertiary/aromatic N) is 1. The first-order chi connectivity index (χ1) is 26.0. The van der Waals surface area contributed by atoms with Crippen LogP contribution < -0.4 is 5.32 Å². The Morgan fingerprint density at radius 1 is 0.893 bits per heavy atom. The molecule has 5 saturated carbocycles. The average Bonchev–Trinajstić information content (AvgIpc) is 3.47. The van der Waals surface area contributed by atoms with Crippen LogP contribution in [-0.4, -0.2) is 91.9 Å². The van der Waals surface area contributed by atoms with Gasteiger partial charge in [0, 0.05) is 36.6 Å². The fourth-order valence-corrected chi connectivity index (χ4v) is 16.1. The molecule has 0 bridgehead atoms. The second-order valence-electron chi connectivity index (χ2n) is 21.9. The molecule has 1 aliphatic heterocycles. The van der Waals surface area contributed by atoms with Gasteiger partial charge in [0.2, 0.25) is 0 Å². The van der Waals surface area contributed by atoms with Crippen LogP contribution in [0.1, 0.15) is 146 Å². The minimum atomic E-state index is -3.00. The topological polar surface area (TPSA) is 122 Å². The van der Waals surface area contributed by atoms with E-state index in [1.165, 1.54) is 31.3 Å². The summed E-state index contributed by atoms with van der Waals surface area (Å²) >= 11 is 0. The van der Waals surface area contributed by atoms with Crippen molar-refractivity contribution in [3.8, 4) is 0 Å². The maximum atomic E-state index is 13.5. The fraction of sp³-hybridized carbons (Fsp3) is 0.913. The lowest BCUT2D eigenvalue weighted by Gasteiger charge is -2.73. The number of aliphatic hydroxyl groups excluding tert-OH is 1. The van der Waals surface area contributed by atoms with Gasteiger partial charge in [0.15, 0.2) is 9.84 Å². The lowest BCUT2D eigenvalue weighted by Crippen LogP contribution is -2.69. The molecule has 5 aliphatic carbocycles. The van der Waals surface area contributed by atoms with Gasteiger partial charge in [-0.15, -0.1) is 0 Å². The predicted molar refractivity (Wildman–Crippen MR) is 222 cm³/mol. The molecule has 56 heavy (non-hydrogen) atoms. The zero-order chi connectivity index (χ0) is 41.3. The Morgan fingerprint density at radius 2 is 1.55 bits per heavy atom. The third kappa shape index (κ3) is 7.70. The highest BCUT2D eigenvalue weighted by atomic mass is 32.2. The summed E-state index contributed by atoms with van der Waals surface area (Å²) in [6.07, 6.45) is 11.0. The largest absolute Gasteiger partial charge is 0.466 e. The van der Waals surface area contributed by atoms with Crippen molar-refractivity contribution < 1.29 is 32.6 Å². The SMILES string of the molecule is C=C(C)[C@@H]1CC[C@]2(NCC([C@@H](C)O)N3CCS(=O)(=O)CC3)CC[C@]3(C)[C@H](CC[C@@H]4[C@@]5(C)CC[C@H](OC(=O)CC(C)(C)CC(=O)OCC)C(C)(C)[C@@H]5CC[C@]43C)[C@@H]12. The molecule has 0 amide bonds.